The van der Waals surface area contributed by atoms with Gasteiger partial charge in [-0.2, -0.15) is 0 Å². The van der Waals surface area contributed by atoms with Crippen molar-refractivity contribution in [3.63, 3.8) is 0 Å². The number of fused-ring (bicyclic) bond motifs is 3. The van der Waals surface area contributed by atoms with Gasteiger partial charge in [0.05, 0.1) is 0 Å². The zero-order valence-corrected chi connectivity index (χ0v) is 16.4. The molecule has 0 radical (unpaired) electrons. The van der Waals surface area contributed by atoms with Crippen LogP contribution in [-0.2, 0) is 0 Å². The Morgan fingerprint density at radius 2 is 1.29 bits per heavy atom. The Kier molecular flexibility index (Phi) is 4.90. The van der Waals surface area contributed by atoms with Gasteiger partial charge in [0.15, 0.2) is 11.5 Å². The molecule has 28 heavy (non-hydrogen) atoms. The SMILES string of the molecule is CC.Cc1ccc(-c2nnc3c4ccccc4c(-c4ccccc4)cn23)cc1. The van der Waals surface area contributed by atoms with Gasteiger partial charge < -0.3 is 0 Å². The van der Waals surface area contributed by atoms with Gasteiger partial charge in [0, 0.05) is 22.7 Å². The summed E-state index contributed by atoms with van der Waals surface area (Å²) in [6.07, 6.45) is 2.15. The van der Waals surface area contributed by atoms with E-state index < -0.39 is 0 Å². The van der Waals surface area contributed by atoms with Crippen LogP contribution in [0.5, 0.6) is 0 Å². The van der Waals surface area contributed by atoms with Crippen LogP contribution < -0.4 is 0 Å². The molecule has 3 heteroatoms. The Morgan fingerprint density at radius 1 is 0.643 bits per heavy atom. The number of aryl methyl sites for hydroxylation is 1. The summed E-state index contributed by atoms with van der Waals surface area (Å²) in [5.41, 5.74) is 5.56. The third kappa shape index (κ3) is 3.05. The van der Waals surface area contributed by atoms with Crippen LogP contribution in [0, 0.1) is 6.92 Å². The summed E-state index contributed by atoms with van der Waals surface area (Å²) in [4.78, 5) is 0. The largest absolute Gasteiger partial charge is 0.281 e. The van der Waals surface area contributed by atoms with Crippen molar-refractivity contribution in [2.75, 3.05) is 0 Å². The van der Waals surface area contributed by atoms with Crippen molar-refractivity contribution < 1.29 is 0 Å². The van der Waals surface area contributed by atoms with E-state index in [0.717, 1.165) is 22.4 Å². The second kappa shape index (κ2) is 7.65. The molecule has 0 bridgehead atoms. The second-order valence-electron chi connectivity index (χ2n) is 6.54. The monoisotopic (exact) mass is 365 g/mol. The van der Waals surface area contributed by atoms with Crippen molar-refractivity contribution in [1.29, 1.82) is 0 Å². The highest BCUT2D eigenvalue weighted by Gasteiger charge is 2.14. The van der Waals surface area contributed by atoms with Gasteiger partial charge in [-0.3, -0.25) is 4.40 Å². The molecule has 3 aromatic carbocycles. The lowest BCUT2D eigenvalue weighted by Gasteiger charge is -2.10. The zero-order valence-electron chi connectivity index (χ0n) is 16.4. The molecule has 5 rings (SSSR count). The summed E-state index contributed by atoms with van der Waals surface area (Å²) in [5.74, 6) is 0.864. The predicted octanol–water partition coefficient (Wildman–Crippen LogP) is 6.55. The lowest BCUT2D eigenvalue weighted by atomic mass is 10.0. The molecule has 0 spiro atoms. The van der Waals surface area contributed by atoms with E-state index in [1.165, 1.54) is 22.1 Å². The number of rotatable bonds is 2. The second-order valence-corrected chi connectivity index (χ2v) is 6.54. The van der Waals surface area contributed by atoms with Crippen molar-refractivity contribution >= 4 is 16.4 Å². The Morgan fingerprint density at radius 3 is 2.00 bits per heavy atom. The molecule has 138 valence electrons. The summed E-state index contributed by atoms with van der Waals surface area (Å²) < 4.78 is 2.11. The molecule has 0 aliphatic carbocycles. The number of hydrogen-bond acceptors (Lipinski definition) is 2. The summed E-state index contributed by atoms with van der Waals surface area (Å²) in [6, 6.07) is 27.3. The highest BCUT2D eigenvalue weighted by molar-refractivity contribution is 6.03. The van der Waals surface area contributed by atoms with Crippen molar-refractivity contribution in [1.82, 2.24) is 14.6 Å². The Balaban J connectivity index is 0.000000932. The van der Waals surface area contributed by atoms with E-state index in [9.17, 15) is 0 Å². The van der Waals surface area contributed by atoms with Gasteiger partial charge in [-0.15, -0.1) is 10.2 Å². The minimum Gasteiger partial charge on any atom is -0.281 e. The van der Waals surface area contributed by atoms with Crippen molar-refractivity contribution in [3.8, 4) is 22.5 Å². The molecule has 3 nitrogen and oxygen atoms in total. The molecule has 2 heterocycles. The summed E-state index contributed by atoms with van der Waals surface area (Å²) in [6.45, 7) is 6.09. The van der Waals surface area contributed by atoms with Crippen LogP contribution in [0.25, 0.3) is 38.9 Å². The average Bonchev–Trinajstić information content (AvgIpc) is 3.20. The fraction of sp³-hybridized carbons (Fsp3) is 0.120. The maximum atomic E-state index is 4.49. The van der Waals surface area contributed by atoms with E-state index in [1.807, 2.05) is 19.9 Å². The third-order valence-electron chi connectivity index (χ3n) is 4.81. The van der Waals surface area contributed by atoms with Crippen LogP contribution in [0.2, 0.25) is 0 Å². The van der Waals surface area contributed by atoms with Gasteiger partial charge >= 0.3 is 0 Å². The quantitative estimate of drug-likeness (QED) is 0.355. The van der Waals surface area contributed by atoms with Gasteiger partial charge in [0.25, 0.3) is 0 Å². The van der Waals surface area contributed by atoms with Crippen LogP contribution in [-0.4, -0.2) is 14.6 Å². The first-order valence-corrected chi connectivity index (χ1v) is 9.70. The number of nitrogens with zero attached hydrogens (tertiary/aromatic N) is 3. The molecule has 5 aromatic rings. The Labute approximate surface area is 165 Å². The molecule has 0 N–H and O–H groups in total. The maximum absolute atomic E-state index is 4.49. The molecular weight excluding hydrogens is 342 g/mol. The van der Waals surface area contributed by atoms with Crippen LogP contribution in [0.15, 0.2) is 85.1 Å². The topological polar surface area (TPSA) is 30.2 Å². The molecule has 0 aliphatic heterocycles. The molecule has 2 aromatic heterocycles. The lowest BCUT2D eigenvalue weighted by molar-refractivity contribution is 1.11. The number of pyridine rings is 1. The first-order valence-electron chi connectivity index (χ1n) is 9.70. The van der Waals surface area contributed by atoms with E-state index >= 15 is 0 Å². The molecule has 0 amide bonds. The van der Waals surface area contributed by atoms with Gasteiger partial charge in [-0.25, -0.2) is 0 Å². The number of hydrogen-bond donors (Lipinski definition) is 0. The van der Waals surface area contributed by atoms with Crippen LogP contribution in [0.3, 0.4) is 0 Å². The first kappa shape index (κ1) is 17.9. The lowest BCUT2D eigenvalue weighted by Crippen LogP contribution is -1.93. The smallest absolute Gasteiger partial charge is 0.169 e. The van der Waals surface area contributed by atoms with E-state index in [2.05, 4.69) is 101 Å². The van der Waals surface area contributed by atoms with E-state index in [4.69, 9.17) is 0 Å². The van der Waals surface area contributed by atoms with E-state index in [1.54, 1.807) is 0 Å². The molecule has 0 atom stereocenters. The van der Waals surface area contributed by atoms with Crippen molar-refractivity contribution in [2.45, 2.75) is 20.8 Å². The summed E-state index contributed by atoms with van der Waals surface area (Å²) in [7, 11) is 0. The Bertz CT molecular complexity index is 1220. The van der Waals surface area contributed by atoms with Crippen LogP contribution in [0.1, 0.15) is 19.4 Å². The maximum Gasteiger partial charge on any atom is 0.169 e. The molecule has 0 unspecified atom stereocenters. The predicted molar refractivity (Wildman–Crippen MR) is 117 cm³/mol. The molecule has 0 saturated heterocycles. The minimum absolute atomic E-state index is 0.864. The normalized spacial score (nSPS) is 10.7. The molecule has 0 fully saturated rings. The highest BCUT2D eigenvalue weighted by atomic mass is 15.2. The summed E-state index contributed by atoms with van der Waals surface area (Å²) in [5, 5.41) is 11.3. The third-order valence-corrected chi connectivity index (χ3v) is 4.81. The number of benzene rings is 3. The van der Waals surface area contributed by atoms with Gasteiger partial charge in [-0.1, -0.05) is 98.3 Å². The molecule has 0 saturated carbocycles. The van der Waals surface area contributed by atoms with E-state index in [-0.39, 0.29) is 0 Å². The Hall–Kier alpha value is -3.46. The van der Waals surface area contributed by atoms with E-state index in [0.29, 0.717) is 0 Å². The standard InChI is InChI=1S/C23H17N3.C2H6/c1-16-11-13-18(14-12-16)22-24-25-23-20-10-6-5-9-19(20)21(15-26(22)23)17-7-3-2-4-8-17;1-2/h2-15H,1H3;1-2H3. The van der Waals surface area contributed by atoms with Gasteiger partial charge in [0.2, 0.25) is 0 Å². The van der Waals surface area contributed by atoms with Crippen molar-refractivity contribution in [2.24, 2.45) is 0 Å². The minimum atomic E-state index is 0.864. The van der Waals surface area contributed by atoms with Gasteiger partial charge in [-0.05, 0) is 17.9 Å². The van der Waals surface area contributed by atoms with Gasteiger partial charge in [0.1, 0.15) is 0 Å². The molecule has 0 aliphatic rings. The van der Waals surface area contributed by atoms with Crippen LogP contribution >= 0.6 is 0 Å². The molecular formula is C25H23N3. The highest BCUT2D eigenvalue weighted by Crippen LogP contribution is 2.32. The zero-order chi connectivity index (χ0) is 19.5. The number of aromatic nitrogens is 3. The fourth-order valence-corrected chi connectivity index (χ4v) is 3.46. The first-order chi connectivity index (χ1) is 13.8. The average molecular weight is 365 g/mol. The van der Waals surface area contributed by atoms with Crippen LogP contribution in [0.4, 0.5) is 0 Å². The summed E-state index contributed by atoms with van der Waals surface area (Å²) >= 11 is 0. The fourth-order valence-electron chi connectivity index (χ4n) is 3.46. The van der Waals surface area contributed by atoms with Crippen molar-refractivity contribution in [3.05, 3.63) is 90.6 Å².